The lowest BCUT2D eigenvalue weighted by Gasteiger charge is -2.15. The predicted octanol–water partition coefficient (Wildman–Crippen LogP) is 1.45. The molecule has 0 fully saturated rings. The van der Waals surface area contributed by atoms with Crippen LogP contribution in [0.25, 0.3) is 0 Å². The number of hydrogen-bond acceptors (Lipinski definition) is 5. The molecular weight excluding hydrogens is 232 g/mol. The van der Waals surface area contributed by atoms with Crippen LogP contribution < -0.4 is 19.5 Å². The second-order valence-electron chi connectivity index (χ2n) is 4.14. The van der Waals surface area contributed by atoms with Gasteiger partial charge < -0.3 is 19.5 Å². The molecule has 1 aromatic carbocycles. The number of aliphatic imine (C=N–C) groups is 1. The molecule has 5 heteroatoms. The van der Waals surface area contributed by atoms with Crippen LogP contribution in [0, 0.1) is 0 Å². The molecule has 1 heterocycles. The van der Waals surface area contributed by atoms with Gasteiger partial charge in [0, 0.05) is 18.2 Å². The van der Waals surface area contributed by atoms with E-state index in [2.05, 4.69) is 17.2 Å². The molecular formula is C13H18N2O3. The maximum atomic E-state index is 5.40. The summed E-state index contributed by atoms with van der Waals surface area (Å²) in [5.74, 6) is 2.87. The summed E-state index contributed by atoms with van der Waals surface area (Å²) in [5.41, 5.74) is 0.838. The van der Waals surface area contributed by atoms with Gasteiger partial charge in [-0.1, -0.05) is 0 Å². The zero-order chi connectivity index (χ0) is 13.1. The number of methoxy groups -OCH3 is 3. The normalized spacial score (nSPS) is 18.0. The van der Waals surface area contributed by atoms with E-state index in [1.165, 1.54) is 0 Å². The highest BCUT2D eigenvalue weighted by atomic mass is 16.5. The van der Waals surface area contributed by atoms with Crippen LogP contribution in [0.2, 0.25) is 0 Å². The first kappa shape index (κ1) is 12.5. The van der Waals surface area contributed by atoms with Crippen molar-refractivity contribution in [2.75, 3.05) is 27.9 Å². The van der Waals surface area contributed by atoms with Crippen molar-refractivity contribution < 1.29 is 14.2 Å². The molecule has 0 amide bonds. The number of amidine groups is 1. The van der Waals surface area contributed by atoms with Crippen LogP contribution in [-0.4, -0.2) is 39.8 Å². The van der Waals surface area contributed by atoms with E-state index in [-0.39, 0.29) is 0 Å². The average Bonchev–Trinajstić information content (AvgIpc) is 2.83. The fourth-order valence-electron chi connectivity index (χ4n) is 1.94. The second kappa shape index (κ2) is 5.16. The van der Waals surface area contributed by atoms with Gasteiger partial charge in [-0.25, -0.2) is 0 Å². The molecule has 0 radical (unpaired) electrons. The van der Waals surface area contributed by atoms with Crippen molar-refractivity contribution in [3.8, 4) is 17.2 Å². The molecule has 0 aliphatic carbocycles. The fourth-order valence-corrected chi connectivity index (χ4v) is 1.94. The minimum Gasteiger partial charge on any atom is -0.496 e. The standard InChI is InChI=1S/C13H18N2O3/c1-8-7-14-13(15-8)12-10(17-3)5-9(16-2)6-11(12)18-4/h5-6,8H,7H2,1-4H3,(H,14,15). The molecule has 0 bridgehead atoms. The van der Waals surface area contributed by atoms with E-state index >= 15 is 0 Å². The average molecular weight is 250 g/mol. The van der Waals surface area contributed by atoms with Gasteiger partial charge >= 0.3 is 0 Å². The zero-order valence-electron chi connectivity index (χ0n) is 11.1. The number of nitrogens with one attached hydrogen (secondary N) is 1. The van der Waals surface area contributed by atoms with Crippen LogP contribution in [0.4, 0.5) is 0 Å². The van der Waals surface area contributed by atoms with Gasteiger partial charge in [-0.05, 0) is 6.92 Å². The first-order valence-corrected chi connectivity index (χ1v) is 5.81. The van der Waals surface area contributed by atoms with Gasteiger partial charge in [0.1, 0.15) is 28.6 Å². The van der Waals surface area contributed by atoms with Crippen LogP contribution in [0.1, 0.15) is 12.5 Å². The topological polar surface area (TPSA) is 52.1 Å². The van der Waals surface area contributed by atoms with E-state index in [4.69, 9.17) is 14.2 Å². The summed E-state index contributed by atoms with van der Waals surface area (Å²) < 4.78 is 16.0. The summed E-state index contributed by atoms with van der Waals surface area (Å²) in [5, 5.41) is 3.31. The third-order valence-corrected chi connectivity index (χ3v) is 2.86. The Balaban J connectivity index is 2.50. The lowest BCUT2D eigenvalue weighted by molar-refractivity contribution is 0.374. The van der Waals surface area contributed by atoms with Crippen LogP contribution >= 0.6 is 0 Å². The van der Waals surface area contributed by atoms with Gasteiger partial charge in [-0.3, -0.25) is 4.99 Å². The monoisotopic (exact) mass is 250 g/mol. The van der Waals surface area contributed by atoms with Crippen molar-refractivity contribution in [2.24, 2.45) is 4.99 Å². The summed E-state index contributed by atoms with van der Waals surface area (Å²) >= 11 is 0. The minimum absolute atomic E-state index is 0.330. The molecule has 18 heavy (non-hydrogen) atoms. The molecule has 2 rings (SSSR count). The Morgan fingerprint density at radius 2 is 1.72 bits per heavy atom. The predicted molar refractivity (Wildman–Crippen MR) is 70.1 cm³/mol. The Kier molecular flexibility index (Phi) is 3.60. The molecule has 1 N–H and O–H groups in total. The van der Waals surface area contributed by atoms with Gasteiger partial charge in [0.25, 0.3) is 0 Å². The van der Waals surface area contributed by atoms with E-state index in [1.54, 1.807) is 21.3 Å². The Morgan fingerprint density at radius 1 is 1.11 bits per heavy atom. The smallest absolute Gasteiger partial charge is 0.137 e. The molecule has 98 valence electrons. The third kappa shape index (κ3) is 2.20. The number of ether oxygens (including phenoxy) is 3. The van der Waals surface area contributed by atoms with Crippen molar-refractivity contribution in [1.29, 1.82) is 0 Å². The zero-order valence-corrected chi connectivity index (χ0v) is 11.1. The quantitative estimate of drug-likeness (QED) is 0.878. The number of nitrogens with zero attached hydrogens (tertiary/aromatic N) is 1. The molecule has 0 spiro atoms. The number of hydrogen-bond donors (Lipinski definition) is 1. The summed E-state index contributed by atoms with van der Waals surface area (Å²) in [7, 11) is 4.86. The van der Waals surface area contributed by atoms with Crippen LogP contribution in [-0.2, 0) is 0 Å². The SMILES string of the molecule is COc1cc(OC)c(C2=NCC(C)N2)c(OC)c1. The molecule has 5 nitrogen and oxygen atoms in total. The van der Waals surface area contributed by atoms with Crippen LogP contribution in [0.5, 0.6) is 17.2 Å². The lowest BCUT2D eigenvalue weighted by Crippen LogP contribution is -2.28. The van der Waals surface area contributed by atoms with Crippen LogP contribution in [0.3, 0.4) is 0 Å². The van der Waals surface area contributed by atoms with E-state index in [1.807, 2.05) is 12.1 Å². The summed E-state index contributed by atoms with van der Waals surface area (Å²) in [6.07, 6.45) is 0. The highest BCUT2D eigenvalue weighted by Gasteiger charge is 2.23. The Hall–Kier alpha value is -1.91. The molecule has 0 saturated carbocycles. The van der Waals surface area contributed by atoms with E-state index in [0.717, 1.165) is 17.9 Å². The summed E-state index contributed by atoms with van der Waals surface area (Å²) in [6.45, 7) is 2.84. The Bertz CT molecular complexity index is 446. The fraction of sp³-hybridized carbons (Fsp3) is 0.462. The largest absolute Gasteiger partial charge is 0.496 e. The molecule has 1 atom stereocenters. The second-order valence-corrected chi connectivity index (χ2v) is 4.14. The van der Waals surface area contributed by atoms with Crippen molar-refractivity contribution >= 4 is 5.84 Å². The van der Waals surface area contributed by atoms with Gasteiger partial charge in [-0.2, -0.15) is 0 Å². The Labute approximate surface area is 107 Å². The van der Waals surface area contributed by atoms with Crippen molar-refractivity contribution in [2.45, 2.75) is 13.0 Å². The third-order valence-electron chi connectivity index (χ3n) is 2.86. The highest BCUT2D eigenvalue weighted by molar-refractivity contribution is 6.05. The van der Waals surface area contributed by atoms with E-state index in [0.29, 0.717) is 23.3 Å². The number of benzene rings is 1. The number of rotatable bonds is 4. The highest BCUT2D eigenvalue weighted by Crippen LogP contribution is 2.34. The molecule has 0 saturated heterocycles. The molecule has 1 aromatic rings. The van der Waals surface area contributed by atoms with Crippen molar-refractivity contribution in [3.63, 3.8) is 0 Å². The molecule has 1 aliphatic rings. The first-order valence-electron chi connectivity index (χ1n) is 5.81. The van der Waals surface area contributed by atoms with Gasteiger partial charge in [0.15, 0.2) is 0 Å². The molecule has 1 aliphatic heterocycles. The van der Waals surface area contributed by atoms with E-state index in [9.17, 15) is 0 Å². The lowest BCUT2D eigenvalue weighted by atomic mass is 10.1. The van der Waals surface area contributed by atoms with Gasteiger partial charge in [0.2, 0.25) is 0 Å². The van der Waals surface area contributed by atoms with Crippen molar-refractivity contribution in [1.82, 2.24) is 5.32 Å². The van der Waals surface area contributed by atoms with Gasteiger partial charge in [0.05, 0.1) is 27.9 Å². The summed E-state index contributed by atoms with van der Waals surface area (Å²) in [6, 6.07) is 3.98. The van der Waals surface area contributed by atoms with Crippen molar-refractivity contribution in [3.05, 3.63) is 17.7 Å². The van der Waals surface area contributed by atoms with Gasteiger partial charge in [-0.15, -0.1) is 0 Å². The summed E-state index contributed by atoms with van der Waals surface area (Å²) in [4.78, 5) is 4.46. The maximum Gasteiger partial charge on any atom is 0.137 e. The van der Waals surface area contributed by atoms with Crippen LogP contribution in [0.15, 0.2) is 17.1 Å². The first-order chi connectivity index (χ1) is 8.69. The minimum atomic E-state index is 0.330. The van der Waals surface area contributed by atoms with E-state index < -0.39 is 0 Å². The Morgan fingerprint density at radius 3 is 2.11 bits per heavy atom. The molecule has 1 unspecified atom stereocenters. The molecule has 0 aromatic heterocycles. The maximum absolute atomic E-state index is 5.40.